The molecule has 2 aliphatic heterocycles. The molecule has 5 nitrogen and oxygen atoms in total. The number of carbonyl (C=O) groups is 1. The van der Waals surface area contributed by atoms with Crippen molar-refractivity contribution in [3.63, 3.8) is 0 Å². The molecule has 2 heterocycles. The van der Waals surface area contributed by atoms with Crippen molar-refractivity contribution in [2.75, 3.05) is 19.8 Å². The van der Waals surface area contributed by atoms with Gasteiger partial charge >= 0.3 is 0 Å². The summed E-state index contributed by atoms with van der Waals surface area (Å²) in [5.41, 5.74) is 0. The van der Waals surface area contributed by atoms with Crippen molar-refractivity contribution >= 4 is 5.91 Å². The summed E-state index contributed by atoms with van der Waals surface area (Å²) in [5, 5.41) is 6.31. The van der Waals surface area contributed by atoms with Gasteiger partial charge in [-0.25, -0.2) is 0 Å². The molecule has 0 radical (unpaired) electrons. The van der Waals surface area contributed by atoms with Crippen molar-refractivity contribution in [2.45, 2.75) is 44.6 Å². The summed E-state index contributed by atoms with van der Waals surface area (Å²) in [6.07, 6.45) is 1.50. The van der Waals surface area contributed by atoms with Crippen molar-refractivity contribution in [2.24, 2.45) is 0 Å². The minimum absolute atomic E-state index is 0.148. The van der Waals surface area contributed by atoms with Gasteiger partial charge in [-0.1, -0.05) is 0 Å². The molecule has 0 aliphatic carbocycles. The largest absolute Gasteiger partial charge is 0.355 e. The van der Waals surface area contributed by atoms with E-state index >= 15 is 0 Å². The lowest BCUT2D eigenvalue weighted by molar-refractivity contribution is -0.253. The van der Waals surface area contributed by atoms with Crippen LogP contribution in [-0.4, -0.2) is 43.5 Å². The summed E-state index contributed by atoms with van der Waals surface area (Å²) in [7, 11) is 0. The summed E-state index contributed by atoms with van der Waals surface area (Å²) < 4.78 is 11.1. The summed E-state index contributed by atoms with van der Waals surface area (Å²) in [6.45, 7) is 5.88. The molecule has 2 saturated heterocycles. The quantitative estimate of drug-likeness (QED) is 0.699. The van der Waals surface area contributed by atoms with E-state index in [2.05, 4.69) is 10.6 Å². The van der Waals surface area contributed by atoms with Gasteiger partial charge in [0, 0.05) is 19.0 Å². The van der Waals surface area contributed by atoms with Crippen LogP contribution in [0.3, 0.4) is 0 Å². The van der Waals surface area contributed by atoms with E-state index in [4.69, 9.17) is 9.47 Å². The van der Waals surface area contributed by atoms with E-state index < -0.39 is 5.79 Å². The van der Waals surface area contributed by atoms with Crippen molar-refractivity contribution in [1.82, 2.24) is 10.6 Å². The lowest BCUT2D eigenvalue weighted by Crippen LogP contribution is -2.55. The zero-order valence-electron chi connectivity index (χ0n) is 9.91. The number of rotatable bonds is 2. The number of piperidine rings is 1. The Hall–Kier alpha value is -0.650. The summed E-state index contributed by atoms with van der Waals surface area (Å²) >= 11 is 0. The zero-order valence-corrected chi connectivity index (χ0v) is 9.91. The standard InChI is InChI=1S/C11H20N2O3/c1-11(2)15-6-9(7-16-11)13-8-3-4-10(14)12-5-8/h8-9,13H,3-7H2,1-2H3,(H,12,14). The van der Waals surface area contributed by atoms with Gasteiger partial charge in [0.25, 0.3) is 0 Å². The first-order valence-electron chi connectivity index (χ1n) is 5.86. The normalized spacial score (nSPS) is 31.1. The molecule has 0 spiro atoms. The van der Waals surface area contributed by atoms with E-state index in [0.717, 1.165) is 6.42 Å². The van der Waals surface area contributed by atoms with Gasteiger partial charge in [-0.15, -0.1) is 0 Å². The SMILES string of the molecule is CC1(C)OCC(NC2CCC(=O)NC2)CO1. The van der Waals surface area contributed by atoms with Gasteiger partial charge in [0.15, 0.2) is 5.79 Å². The minimum Gasteiger partial charge on any atom is -0.355 e. The van der Waals surface area contributed by atoms with Gasteiger partial charge in [-0.3, -0.25) is 4.79 Å². The molecule has 0 bridgehead atoms. The first kappa shape index (κ1) is 11.8. The fourth-order valence-electron chi connectivity index (χ4n) is 2.00. The van der Waals surface area contributed by atoms with E-state index in [9.17, 15) is 4.79 Å². The third-order valence-electron chi connectivity index (χ3n) is 3.00. The molecule has 92 valence electrons. The van der Waals surface area contributed by atoms with Gasteiger partial charge in [0.2, 0.25) is 5.91 Å². The summed E-state index contributed by atoms with van der Waals surface area (Å²) in [5.74, 6) is -0.311. The van der Waals surface area contributed by atoms with Crippen molar-refractivity contribution in [3.8, 4) is 0 Å². The van der Waals surface area contributed by atoms with Crippen LogP contribution < -0.4 is 10.6 Å². The molecule has 1 atom stereocenters. The number of amides is 1. The topological polar surface area (TPSA) is 59.6 Å². The average Bonchev–Trinajstić information content (AvgIpc) is 2.24. The Balaban J connectivity index is 1.72. The number of carbonyl (C=O) groups excluding carboxylic acids is 1. The molecule has 16 heavy (non-hydrogen) atoms. The minimum atomic E-state index is -0.459. The molecular formula is C11H20N2O3. The molecule has 0 aromatic carbocycles. The Labute approximate surface area is 95.9 Å². The number of hydrogen-bond acceptors (Lipinski definition) is 4. The molecule has 0 saturated carbocycles. The monoisotopic (exact) mass is 228 g/mol. The lowest BCUT2D eigenvalue weighted by Gasteiger charge is -2.37. The first-order valence-corrected chi connectivity index (χ1v) is 5.86. The highest BCUT2D eigenvalue weighted by Gasteiger charge is 2.30. The second kappa shape index (κ2) is 4.69. The predicted octanol–water partition coefficient (Wildman–Crippen LogP) is 0.00610. The number of ether oxygens (including phenoxy) is 2. The Morgan fingerprint density at radius 2 is 2.00 bits per heavy atom. The van der Waals surface area contributed by atoms with Gasteiger partial charge in [0.1, 0.15) is 0 Å². The molecule has 2 N–H and O–H groups in total. The van der Waals surface area contributed by atoms with E-state index in [-0.39, 0.29) is 11.9 Å². The molecule has 5 heteroatoms. The molecule has 2 aliphatic rings. The second-order valence-corrected chi connectivity index (χ2v) is 4.93. The van der Waals surface area contributed by atoms with Crippen LogP contribution >= 0.6 is 0 Å². The molecule has 0 aromatic heterocycles. The molecule has 2 rings (SSSR count). The summed E-state index contributed by atoms with van der Waals surface area (Å²) in [6, 6.07) is 0.573. The van der Waals surface area contributed by atoms with Crippen LogP contribution in [0.15, 0.2) is 0 Å². The Morgan fingerprint density at radius 1 is 1.31 bits per heavy atom. The molecule has 1 unspecified atom stereocenters. The highest BCUT2D eigenvalue weighted by atomic mass is 16.7. The Morgan fingerprint density at radius 3 is 2.56 bits per heavy atom. The smallest absolute Gasteiger partial charge is 0.220 e. The van der Waals surface area contributed by atoms with E-state index in [1.54, 1.807) is 0 Å². The maximum Gasteiger partial charge on any atom is 0.220 e. The Bertz CT molecular complexity index is 248. The molecule has 0 aromatic rings. The van der Waals surface area contributed by atoms with Crippen molar-refractivity contribution in [1.29, 1.82) is 0 Å². The predicted molar refractivity (Wildman–Crippen MR) is 58.9 cm³/mol. The van der Waals surface area contributed by atoms with Crippen LogP contribution in [0, 0.1) is 0 Å². The van der Waals surface area contributed by atoms with Crippen LogP contribution in [0.2, 0.25) is 0 Å². The first-order chi connectivity index (χ1) is 7.55. The highest BCUT2D eigenvalue weighted by Crippen LogP contribution is 2.17. The third kappa shape index (κ3) is 3.17. The van der Waals surface area contributed by atoms with E-state index in [1.165, 1.54) is 0 Å². The van der Waals surface area contributed by atoms with Gasteiger partial charge in [-0.05, 0) is 20.3 Å². The van der Waals surface area contributed by atoms with Crippen molar-refractivity contribution in [3.05, 3.63) is 0 Å². The van der Waals surface area contributed by atoms with E-state index in [1.807, 2.05) is 13.8 Å². The average molecular weight is 228 g/mol. The maximum absolute atomic E-state index is 11.0. The molecule has 2 fully saturated rings. The van der Waals surface area contributed by atoms with Gasteiger partial charge in [-0.2, -0.15) is 0 Å². The molecule has 1 amide bonds. The van der Waals surface area contributed by atoms with Crippen LogP contribution in [0.5, 0.6) is 0 Å². The maximum atomic E-state index is 11.0. The van der Waals surface area contributed by atoms with Crippen LogP contribution in [-0.2, 0) is 14.3 Å². The van der Waals surface area contributed by atoms with Gasteiger partial charge < -0.3 is 20.1 Å². The lowest BCUT2D eigenvalue weighted by atomic mass is 10.1. The zero-order chi connectivity index (χ0) is 11.6. The van der Waals surface area contributed by atoms with Crippen LogP contribution in [0.4, 0.5) is 0 Å². The van der Waals surface area contributed by atoms with Crippen LogP contribution in [0.1, 0.15) is 26.7 Å². The number of nitrogens with one attached hydrogen (secondary N) is 2. The van der Waals surface area contributed by atoms with Crippen LogP contribution in [0.25, 0.3) is 0 Å². The highest BCUT2D eigenvalue weighted by molar-refractivity contribution is 5.76. The van der Waals surface area contributed by atoms with E-state index in [0.29, 0.717) is 32.2 Å². The molecular weight excluding hydrogens is 208 g/mol. The number of hydrogen-bond donors (Lipinski definition) is 2. The van der Waals surface area contributed by atoms with Crippen molar-refractivity contribution < 1.29 is 14.3 Å². The van der Waals surface area contributed by atoms with Gasteiger partial charge in [0.05, 0.1) is 19.3 Å². The fourth-order valence-corrected chi connectivity index (χ4v) is 2.00. The fraction of sp³-hybridized carbons (Fsp3) is 0.909. The Kier molecular flexibility index (Phi) is 3.47. The third-order valence-corrected chi connectivity index (χ3v) is 3.00. The summed E-state index contributed by atoms with van der Waals surface area (Å²) in [4.78, 5) is 11.0. The second-order valence-electron chi connectivity index (χ2n) is 4.93.